The molecule has 4 rings (SSSR count). The third-order valence-corrected chi connectivity index (χ3v) is 7.39. The fourth-order valence-corrected chi connectivity index (χ4v) is 5.48. The van der Waals surface area contributed by atoms with E-state index in [1.807, 2.05) is 6.07 Å². The number of amides is 3. The first kappa shape index (κ1) is 32.3. The van der Waals surface area contributed by atoms with Crippen LogP contribution in [-0.2, 0) is 9.53 Å². The van der Waals surface area contributed by atoms with E-state index in [2.05, 4.69) is 42.5 Å². The molecule has 0 aliphatic heterocycles. The van der Waals surface area contributed by atoms with Gasteiger partial charge in [-0.25, -0.2) is 4.79 Å². The van der Waals surface area contributed by atoms with Crippen LogP contribution in [-0.4, -0.2) is 29.1 Å². The summed E-state index contributed by atoms with van der Waals surface area (Å²) in [5, 5.41) is 16.0. The lowest BCUT2D eigenvalue weighted by Crippen LogP contribution is -2.36. The Morgan fingerprint density at radius 3 is 2.27 bits per heavy atom. The molecule has 2 atom stereocenters. The minimum atomic E-state index is -1.18. The van der Waals surface area contributed by atoms with Crippen LogP contribution in [0.2, 0.25) is 0 Å². The van der Waals surface area contributed by atoms with Gasteiger partial charge in [-0.2, -0.15) is 0 Å². The van der Waals surface area contributed by atoms with Crippen molar-refractivity contribution >= 4 is 61.1 Å². The van der Waals surface area contributed by atoms with Gasteiger partial charge in [-0.3, -0.25) is 14.9 Å². The predicted octanol–water partition coefficient (Wildman–Crippen LogP) is 7.53. The molecule has 5 N–H and O–H groups in total. The molecular weight excluding hydrogens is 694 g/mol. The van der Waals surface area contributed by atoms with Crippen molar-refractivity contribution in [3.63, 3.8) is 0 Å². The minimum Gasteiger partial charge on any atom is -0.506 e. The van der Waals surface area contributed by atoms with Crippen LogP contribution in [0.1, 0.15) is 34.9 Å². The maximum atomic E-state index is 13.1. The number of rotatable bonds is 11. The molecule has 4 aromatic carbocycles. The first-order chi connectivity index (χ1) is 21.2. The molecule has 0 unspecified atom stereocenters. The van der Waals surface area contributed by atoms with Crippen molar-refractivity contribution < 1.29 is 29.0 Å². The average molecular weight is 723 g/mol. The van der Waals surface area contributed by atoms with Gasteiger partial charge in [0.05, 0.1) is 15.8 Å². The molecule has 226 valence electrons. The molecule has 0 aliphatic rings. The number of carbonyl (C=O) groups excluding carboxylic acids is 3. The Labute approximate surface area is 271 Å². The summed E-state index contributed by atoms with van der Waals surface area (Å²) in [6.45, 7) is 0. The zero-order chi connectivity index (χ0) is 31.5. The fourth-order valence-electron chi connectivity index (χ4n) is 4.22. The number of nitrogen functional groups attached to an aromatic ring is 1. The SMILES string of the molecule is Nc1ccccc1NC(=O)/C=C/CC[C@H](Oc1ccccc1)[C@@H](OC(=O)NC(=O)c1ccccc1)c1cc(Br)cc(Br)c1O. The highest BCUT2D eigenvalue weighted by molar-refractivity contribution is 9.11. The Morgan fingerprint density at radius 2 is 1.57 bits per heavy atom. The van der Waals surface area contributed by atoms with Gasteiger partial charge in [0, 0.05) is 15.6 Å². The van der Waals surface area contributed by atoms with Gasteiger partial charge in [-0.1, -0.05) is 70.5 Å². The van der Waals surface area contributed by atoms with Gasteiger partial charge in [0.15, 0.2) is 6.10 Å². The van der Waals surface area contributed by atoms with Gasteiger partial charge in [0.2, 0.25) is 5.91 Å². The number of benzene rings is 4. The Morgan fingerprint density at radius 1 is 0.909 bits per heavy atom. The first-order valence-electron chi connectivity index (χ1n) is 13.5. The smallest absolute Gasteiger partial charge is 0.414 e. The summed E-state index contributed by atoms with van der Waals surface area (Å²) < 4.78 is 13.1. The second kappa shape index (κ2) is 15.7. The third-order valence-electron chi connectivity index (χ3n) is 6.32. The highest BCUT2D eigenvalue weighted by atomic mass is 79.9. The number of anilines is 2. The monoisotopic (exact) mass is 721 g/mol. The summed E-state index contributed by atoms with van der Waals surface area (Å²) in [7, 11) is 0. The molecule has 44 heavy (non-hydrogen) atoms. The van der Waals surface area contributed by atoms with E-state index in [4.69, 9.17) is 15.2 Å². The lowest BCUT2D eigenvalue weighted by molar-refractivity contribution is -0.111. The Bertz CT molecular complexity index is 1630. The summed E-state index contributed by atoms with van der Waals surface area (Å²) in [5.74, 6) is -0.703. The highest BCUT2D eigenvalue weighted by Gasteiger charge is 2.32. The number of allylic oxidation sites excluding steroid dienone is 1. The van der Waals surface area contributed by atoms with E-state index in [0.717, 1.165) is 0 Å². The maximum absolute atomic E-state index is 13.1. The number of halogens is 2. The van der Waals surface area contributed by atoms with Crippen LogP contribution >= 0.6 is 31.9 Å². The van der Waals surface area contributed by atoms with Crippen LogP contribution in [0.5, 0.6) is 11.5 Å². The number of hydrogen-bond donors (Lipinski definition) is 4. The molecule has 0 spiro atoms. The van der Waals surface area contributed by atoms with Crippen molar-refractivity contribution in [3.8, 4) is 11.5 Å². The van der Waals surface area contributed by atoms with Gasteiger partial charge < -0.3 is 25.6 Å². The summed E-state index contributed by atoms with van der Waals surface area (Å²) >= 11 is 6.76. The van der Waals surface area contributed by atoms with Crippen LogP contribution in [0.25, 0.3) is 0 Å². The molecule has 11 heteroatoms. The van der Waals surface area contributed by atoms with E-state index in [1.165, 1.54) is 6.08 Å². The van der Waals surface area contributed by atoms with E-state index in [0.29, 0.717) is 32.5 Å². The van der Waals surface area contributed by atoms with Crippen molar-refractivity contribution in [1.29, 1.82) is 0 Å². The van der Waals surface area contributed by atoms with E-state index in [9.17, 15) is 19.5 Å². The third kappa shape index (κ3) is 9.19. The number of ether oxygens (including phenoxy) is 2. The van der Waals surface area contributed by atoms with E-state index >= 15 is 0 Å². The van der Waals surface area contributed by atoms with Gasteiger partial charge in [-0.15, -0.1) is 0 Å². The van der Waals surface area contributed by atoms with Crippen molar-refractivity contribution in [2.45, 2.75) is 25.0 Å². The molecule has 4 aromatic rings. The van der Waals surface area contributed by atoms with Gasteiger partial charge in [0.1, 0.15) is 17.6 Å². The van der Waals surface area contributed by atoms with Crippen molar-refractivity contribution in [3.05, 3.63) is 129 Å². The van der Waals surface area contributed by atoms with Crippen LogP contribution in [0.4, 0.5) is 16.2 Å². The lowest BCUT2D eigenvalue weighted by atomic mass is 9.99. The zero-order valence-corrected chi connectivity index (χ0v) is 26.5. The molecule has 0 saturated carbocycles. The standard InChI is InChI=1S/C33H29Br2N3O6/c34-22-19-24(30(40)25(35)20-22)31(44-33(42)38-32(41)21-11-3-1-4-12-21)28(43-23-13-5-2-6-14-23)17-9-10-18-29(39)37-27-16-8-7-15-26(27)36/h1-8,10-16,18-20,28,31,40H,9,17,36H2,(H,37,39)(H,38,41,42)/b18-10+/t28-,31-/m0/s1. The Balaban J connectivity index is 1.59. The number of phenolic OH excluding ortho intramolecular Hbond substituents is 1. The summed E-state index contributed by atoms with van der Waals surface area (Å²) in [6, 6.07) is 27.3. The number of phenols is 1. The van der Waals surface area contributed by atoms with Crippen molar-refractivity contribution in [2.24, 2.45) is 0 Å². The molecule has 0 heterocycles. The van der Waals surface area contributed by atoms with Gasteiger partial charge in [-0.05, 0) is 83.4 Å². The summed E-state index contributed by atoms with van der Waals surface area (Å²) in [5.41, 5.74) is 7.35. The van der Waals surface area contributed by atoms with Crippen LogP contribution in [0, 0.1) is 0 Å². The second-order valence-electron chi connectivity index (χ2n) is 9.50. The van der Waals surface area contributed by atoms with Crippen LogP contribution in [0.15, 0.2) is 118 Å². The van der Waals surface area contributed by atoms with Gasteiger partial charge >= 0.3 is 6.09 Å². The number of alkyl carbamates (subject to hydrolysis) is 1. The average Bonchev–Trinajstić information content (AvgIpc) is 3.01. The minimum absolute atomic E-state index is 0.169. The zero-order valence-electron chi connectivity index (χ0n) is 23.3. The lowest BCUT2D eigenvalue weighted by Gasteiger charge is -2.29. The van der Waals surface area contributed by atoms with E-state index < -0.39 is 24.2 Å². The second-order valence-corrected chi connectivity index (χ2v) is 11.3. The van der Waals surface area contributed by atoms with Gasteiger partial charge in [0.25, 0.3) is 5.91 Å². The Hall–Kier alpha value is -4.61. The predicted molar refractivity (Wildman–Crippen MR) is 175 cm³/mol. The van der Waals surface area contributed by atoms with E-state index in [1.54, 1.807) is 97.1 Å². The number of hydrogen-bond acceptors (Lipinski definition) is 7. The van der Waals surface area contributed by atoms with Crippen molar-refractivity contribution in [2.75, 3.05) is 11.1 Å². The molecular formula is C33H29Br2N3O6. The number of aromatic hydroxyl groups is 1. The largest absolute Gasteiger partial charge is 0.506 e. The Kier molecular flexibility index (Phi) is 11.6. The molecule has 9 nitrogen and oxygen atoms in total. The highest BCUT2D eigenvalue weighted by Crippen LogP contribution is 2.40. The number of imide groups is 1. The first-order valence-corrected chi connectivity index (χ1v) is 15.1. The molecule has 0 radical (unpaired) electrons. The molecule has 0 fully saturated rings. The number of para-hydroxylation sites is 3. The molecule has 0 bridgehead atoms. The van der Waals surface area contributed by atoms with Crippen molar-refractivity contribution in [1.82, 2.24) is 5.32 Å². The molecule has 3 amide bonds. The number of nitrogens with one attached hydrogen (secondary N) is 2. The molecule has 0 saturated heterocycles. The van der Waals surface area contributed by atoms with Crippen LogP contribution in [0.3, 0.4) is 0 Å². The normalized spacial score (nSPS) is 12.2. The van der Waals surface area contributed by atoms with E-state index in [-0.39, 0.29) is 29.2 Å². The quantitative estimate of drug-likeness (QED) is 0.0927. The molecule has 0 aliphatic carbocycles. The summed E-state index contributed by atoms with van der Waals surface area (Å²) in [4.78, 5) is 38.3. The molecule has 0 aromatic heterocycles. The topological polar surface area (TPSA) is 140 Å². The fraction of sp³-hybridized carbons (Fsp3) is 0.121. The van der Waals surface area contributed by atoms with Crippen LogP contribution < -0.4 is 21.1 Å². The summed E-state index contributed by atoms with van der Waals surface area (Å²) in [6.07, 6.45) is 0.536. The number of carbonyl (C=O) groups is 3. The maximum Gasteiger partial charge on any atom is 0.414 e. The number of nitrogens with two attached hydrogens (primary N) is 1.